The van der Waals surface area contributed by atoms with Crippen LogP contribution >= 0.6 is 0 Å². The highest BCUT2D eigenvalue weighted by molar-refractivity contribution is 6.08. The minimum absolute atomic E-state index is 0.0619. The number of aryl methyl sites for hydroxylation is 1. The van der Waals surface area contributed by atoms with Crippen molar-refractivity contribution in [3.05, 3.63) is 147 Å². The fraction of sp³-hybridized carbons (Fsp3) is 0.348. The molecule has 1 aromatic heterocycles. The van der Waals surface area contributed by atoms with Crippen LogP contribution in [0.25, 0.3) is 0 Å². The summed E-state index contributed by atoms with van der Waals surface area (Å²) >= 11 is 0. The Morgan fingerprint density at radius 1 is 1.02 bits per heavy atom. The molecule has 15 nitrogen and oxygen atoms in total. The number of aliphatic hydroxyl groups excluding tert-OH is 2. The highest BCUT2D eigenvalue weighted by Crippen LogP contribution is 2.47. The molecule has 0 radical (unpaired) electrons. The Hall–Kier alpha value is -6.26. The third kappa shape index (κ3) is 8.96. The molecule has 4 atom stereocenters. The minimum atomic E-state index is -2.09. The van der Waals surface area contributed by atoms with Crippen molar-refractivity contribution in [1.29, 1.82) is 0 Å². The molecule has 318 valence electrons. The number of allylic oxidation sites excluding steroid dienone is 1. The number of benzene rings is 4. The van der Waals surface area contributed by atoms with E-state index in [4.69, 9.17) is 4.74 Å². The molecule has 0 fully saturated rings. The second kappa shape index (κ2) is 19.0. The summed E-state index contributed by atoms with van der Waals surface area (Å²) in [5.41, 5.74) is 2.79. The topological polar surface area (TPSA) is 196 Å². The smallest absolute Gasteiger partial charge is 0.269 e. The number of nitrogens with zero attached hydrogens (tertiary/aromatic N) is 6. The lowest BCUT2D eigenvalue weighted by Gasteiger charge is -2.35. The standard InChI is InChI=1S/C46H51N7O8/c1-3-61-37-19-21-42-34(25-37)26-40(47-22-8-10-24-54)44(56)52(42)35-16-14-32(15-17-35)28-51-43-20-18-36(53(59)60)27-39(43)46(58,45(51)57)31(2)11-7-9-23-50-29-41(48-49-50)38(30-55)33-12-5-4-6-13-33/h4-7,11-21,25,27,29,31,38,40,47,54-55,58H,3,8-10,22-24,26,28,30H2,1-2H3/b11-7+/t31-,38?,40?,46+/m1/s1. The Labute approximate surface area is 354 Å². The van der Waals surface area contributed by atoms with Crippen LogP contribution in [0, 0.1) is 16.0 Å². The average molecular weight is 830 g/mol. The molecule has 15 heteroatoms. The number of anilines is 3. The predicted molar refractivity (Wildman–Crippen MR) is 230 cm³/mol. The normalized spacial score (nSPS) is 18.3. The zero-order valence-electron chi connectivity index (χ0n) is 34.3. The maximum absolute atomic E-state index is 14.4. The van der Waals surface area contributed by atoms with Crippen LogP contribution < -0.4 is 19.9 Å². The summed E-state index contributed by atoms with van der Waals surface area (Å²) in [6.45, 7) is 5.18. The van der Waals surface area contributed by atoms with E-state index in [1.165, 1.54) is 23.1 Å². The van der Waals surface area contributed by atoms with Crippen molar-refractivity contribution in [1.82, 2.24) is 20.3 Å². The quantitative estimate of drug-likeness (QED) is 0.0346. The first-order valence-electron chi connectivity index (χ1n) is 20.7. The van der Waals surface area contributed by atoms with E-state index >= 15 is 0 Å². The Kier molecular flexibility index (Phi) is 13.3. The van der Waals surface area contributed by atoms with E-state index in [9.17, 15) is 35.0 Å². The molecule has 4 aromatic carbocycles. The fourth-order valence-electron chi connectivity index (χ4n) is 8.14. The molecule has 2 aliphatic rings. The largest absolute Gasteiger partial charge is 0.494 e. The molecule has 2 unspecified atom stereocenters. The number of nitro benzene ring substituents is 1. The number of nitrogens with one attached hydrogen (secondary N) is 1. The Balaban J connectivity index is 1.08. The SMILES string of the molecule is CCOc1ccc2c(c1)CC(NCCCCO)C(=O)N2c1ccc(CN2C(=O)[C@](O)([C@H](C)/C=C/CCn3cc(C(CO)c4ccccc4)nn3)c3cc([N+](=O)[O-])ccc32)cc1. The highest BCUT2D eigenvalue weighted by atomic mass is 16.6. The van der Waals surface area contributed by atoms with Gasteiger partial charge < -0.3 is 30.3 Å². The van der Waals surface area contributed by atoms with Gasteiger partial charge in [0.25, 0.3) is 11.6 Å². The van der Waals surface area contributed by atoms with Crippen LogP contribution in [0.4, 0.5) is 22.7 Å². The van der Waals surface area contributed by atoms with E-state index in [0.717, 1.165) is 23.2 Å². The van der Waals surface area contributed by atoms with Gasteiger partial charge in [0.2, 0.25) is 5.91 Å². The van der Waals surface area contributed by atoms with Gasteiger partial charge in [-0.25, -0.2) is 0 Å². The number of fused-ring (bicyclic) bond motifs is 2. The van der Waals surface area contributed by atoms with E-state index < -0.39 is 28.4 Å². The molecular weight excluding hydrogens is 779 g/mol. The molecule has 2 aliphatic heterocycles. The van der Waals surface area contributed by atoms with Gasteiger partial charge in [0, 0.05) is 48.6 Å². The van der Waals surface area contributed by atoms with Gasteiger partial charge in [0.05, 0.1) is 53.7 Å². The molecular formula is C46H51N7O8. The van der Waals surface area contributed by atoms with Crippen LogP contribution in [-0.4, -0.2) is 79.5 Å². The van der Waals surface area contributed by atoms with Crippen molar-refractivity contribution in [3.8, 4) is 5.75 Å². The van der Waals surface area contributed by atoms with Crippen LogP contribution in [0.5, 0.6) is 5.75 Å². The van der Waals surface area contributed by atoms with Crippen molar-refractivity contribution in [3.63, 3.8) is 0 Å². The van der Waals surface area contributed by atoms with Crippen molar-refractivity contribution >= 4 is 34.6 Å². The first-order chi connectivity index (χ1) is 29.6. The molecule has 0 aliphatic carbocycles. The molecule has 5 aromatic rings. The van der Waals surface area contributed by atoms with Crippen molar-refractivity contribution in [2.45, 2.75) is 70.2 Å². The lowest BCUT2D eigenvalue weighted by molar-refractivity contribution is -0.385. The van der Waals surface area contributed by atoms with Gasteiger partial charge >= 0.3 is 0 Å². The molecule has 0 saturated heterocycles. The van der Waals surface area contributed by atoms with E-state index in [2.05, 4.69) is 15.6 Å². The number of carbonyl (C=O) groups is 2. The van der Waals surface area contributed by atoms with Crippen LogP contribution in [0.2, 0.25) is 0 Å². The second-order valence-electron chi connectivity index (χ2n) is 15.4. The second-order valence-corrected chi connectivity index (χ2v) is 15.4. The third-order valence-electron chi connectivity index (χ3n) is 11.4. The number of aromatic nitrogens is 3. The average Bonchev–Trinajstić information content (AvgIpc) is 3.82. The van der Waals surface area contributed by atoms with Gasteiger partial charge in [-0.05, 0) is 92.2 Å². The molecule has 0 bridgehead atoms. The lowest BCUT2D eigenvalue weighted by Crippen LogP contribution is -2.49. The number of unbranched alkanes of at least 4 members (excludes halogenated alkanes) is 1. The number of carbonyl (C=O) groups excluding carboxylic acids is 2. The molecule has 0 spiro atoms. The van der Waals surface area contributed by atoms with Crippen LogP contribution in [0.15, 0.2) is 109 Å². The van der Waals surface area contributed by atoms with Gasteiger partial charge in [-0.2, -0.15) is 0 Å². The highest BCUT2D eigenvalue weighted by Gasteiger charge is 2.53. The molecule has 61 heavy (non-hydrogen) atoms. The lowest BCUT2D eigenvalue weighted by atomic mass is 9.82. The van der Waals surface area contributed by atoms with Crippen molar-refractivity contribution in [2.24, 2.45) is 5.92 Å². The van der Waals surface area contributed by atoms with Gasteiger partial charge in [-0.3, -0.25) is 29.3 Å². The predicted octanol–water partition coefficient (Wildman–Crippen LogP) is 5.68. The Morgan fingerprint density at radius 3 is 2.51 bits per heavy atom. The Bertz CT molecular complexity index is 2370. The van der Waals surface area contributed by atoms with Crippen LogP contribution in [0.1, 0.15) is 67.0 Å². The van der Waals surface area contributed by atoms with Crippen molar-refractivity contribution in [2.75, 3.05) is 36.2 Å². The van der Waals surface area contributed by atoms with Crippen molar-refractivity contribution < 1.29 is 34.6 Å². The first kappa shape index (κ1) is 42.8. The number of ether oxygens (including phenoxy) is 1. The molecule has 7 rings (SSSR count). The fourth-order valence-corrected chi connectivity index (χ4v) is 8.14. The first-order valence-corrected chi connectivity index (χ1v) is 20.7. The number of hydrogen-bond acceptors (Lipinski definition) is 11. The van der Waals surface area contributed by atoms with Gasteiger partial charge in [-0.15, -0.1) is 5.10 Å². The summed E-state index contributed by atoms with van der Waals surface area (Å²) in [5.74, 6) is -1.09. The van der Waals surface area contributed by atoms with Gasteiger partial charge in [0.15, 0.2) is 5.60 Å². The zero-order valence-corrected chi connectivity index (χ0v) is 34.3. The number of amides is 2. The number of rotatable bonds is 19. The molecule has 2 amide bonds. The summed E-state index contributed by atoms with van der Waals surface area (Å²) in [6, 6.07) is 26.2. The number of aliphatic hydroxyl groups is 3. The number of hydrogen-bond donors (Lipinski definition) is 4. The monoisotopic (exact) mass is 829 g/mol. The zero-order chi connectivity index (χ0) is 43.1. The van der Waals surface area contributed by atoms with E-state index in [0.29, 0.717) is 67.3 Å². The van der Waals surface area contributed by atoms with Gasteiger partial charge in [0.1, 0.15) is 5.75 Å². The summed E-state index contributed by atoms with van der Waals surface area (Å²) < 4.78 is 7.43. The molecule has 0 saturated carbocycles. The summed E-state index contributed by atoms with van der Waals surface area (Å²) in [7, 11) is 0. The minimum Gasteiger partial charge on any atom is -0.494 e. The maximum atomic E-state index is 14.4. The Morgan fingerprint density at radius 2 is 1.79 bits per heavy atom. The van der Waals surface area contributed by atoms with Crippen LogP contribution in [0.3, 0.4) is 0 Å². The summed E-state index contributed by atoms with van der Waals surface area (Å²) in [4.78, 5) is 42.8. The third-order valence-corrected chi connectivity index (χ3v) is 11.4. The van der Waals surface area contributed by atoms with Gasteiger partial charge in [-0.1, -0.05) is 66.8 Å². The summed E-state index contributed by atoms with van der Waals surface area (Å²) in [6.07, 6.45) is 7.69. The van der Waals surface area contributed by atoms with E-state index in [1.807, 2.05) is 85.8 Å². The van der Waals surface area contributed by atoms with Crippen LogP contribution in [-0.2, 0) is 34.7 Å². The summed E-state index contributed by atoms with van der Waals surface area (Å²) in [5, 5.41) is 55.3. The molecule has 4 N–H and O–H groups in total. The van der Waals surface area contributed by atoms with E-state index in [1.54, 1.807) is 28.8 Å². The number of non-ortho nitro benzene ring substituents is 1. The van der Waals surface area contributed by atoms with E-state index in [-0.39, 0.29) is 42.8 Å². The number of nitro groups is 1. The molecule has 3 heterocycles. The maximum Gasteiger partial charge on any atom is 0.269 e.